The Bertz CT molecular complexity index is 1040. The van der Waals surface area contributed by atoms with Crippen LogP contribution in [0.15, 0.2) is 53.3 Å². The Morgan fingerprint density at radius 1 is 1.12 bits per heavy atom. The van der Waals surface area contributed by atoms with Crippen LogP contribution in [-0.2, 0) is 17.8 Å². The molecule has 0 bridgehead atoms. The number of hydrogen-bond acceptors (Lipinski definition) is 4. The van der Waals surface area contributed by atoms with E-state index in [1.165, 1.54) is 0 Å². The van der Waals surface area contributed by atoms with Gasteiger partial charge in [-0.15, -0.1) is 0 Å². The molecule has 1 aromatic heterocycles. The predicted octanol–water partition coefficient (Wildman–Crippen LogP) is 2.06. The van der Waals surface area contributed by atoms with E-state index in [-0.39, 0.29) is 18.5 Å². The highest BCUT2D eigenvalue weighted by molar-refractivity contribution is 6.32. The van der Waals surface area contributed by atoms with E-state index in [1.807, 2.05) is 31.2 Å². The molecule has 0 saturated carbocycles. The summed E-state index contributed by atoms with van der Waals surface area (Å²) >= 11 is 6.11. The number of amides is 1. The zero-order chi connectivity index (χ0) is 18.3. The molecule has 132 valence electrons. The van der Waals surface area contributed by atoms with Gasteiger partial charge in [0.25, 0.3) is 0 Å². The highest BCUT2D eigenvalue weighted by atomic mass is 35.5. The van der Waals surface area contributed by atoms with Crippen molar-refractivity contribution < 1.29 is 4.79 Å². The summed E-state index contributed by atoms with van der Waals surface area (Å²) in [6.45, 7) is 1.81. The van der Waals surface area contributed by atoms with Crippen LogP contribution in [0.3, 0.4) is 0 Å². The average molecular weight is 370 g/mol. The van der Waals surface area contributed by atoms with Crippen molar-refractivity contribution in [2.24, 2.45) is 0 Å². The van der Waals surface area contributed by atoms with E-state index >= 15 is 0 Å². The van der Waals surface area contributed by atoms with Crippen molar-refractivity contribution in [2.75, 3.05) is 4.90 Å². The van der Waals surface area contributed by atoms with Gasteiger partial charge in [0.05, 0.1) is 10.7 Å². The largest absolute Gasteiger partial charge is 0.369 e. The van der Waals surface area contributed by atoms with Gasteiger partial charge in [-0.1, -0.05) is 41.9 Å². The van der Waals surface area contributed by atoms with Gasteiger partial charge in [-0.3, -0.25) is 4.79 Å². The summed E-state index contributed by atoms with van der Waals surface area (Å²) in [4.78, 5) is 27.1. The number of carbonyl (C=O) groups is 1. The number of nitrogens with zero attached hydrogens (tertiary/aromatic N) is 5. The molecule has 0 radical (unpaired) electrons. The first-order valence-corrected chi connectivity index (χ1v) is 8.62. The van der Waals surface area contributed by atoms with E-state index in [2.05, 4.69) is 10.4 Å². The van der Waals surface area contributed by atoms with Gasteiger partial charge in [-0.25, -0.2) is 4.79 Å². The second kappa shape index (κ2) is 6.42. The Kier molecular flexibility index (Phi) is 4.08. The molecule has 1 aliphatic rings. The van der Waals surface area contributed by atoms with Gasteiger partial charge >= 0.3 is 5.69 Å². The van der Waals surface area contributed by atoms with E-state index < -0.39 is 5.69 Å². The summed E-state index contributed by atoms with van der Waals surface area (Å²) in [5.41, 5.74) is 1.93. The van der Waals surface area contributed by atoms with E-state index in [1.54, 1.807) is 29.2 Å². The fourth-order valence-electron chi connectivity index (χ4n) is 3.30. The number of fused-ring (bicyclic) bond motifs is 1. The van der Waals surface area contributed by atoms with Crippen LogP contribution in [0.5, 0.6) is 0 Å². The Balaban J connectivity index is 1.62. The van der Waals surface area contributed by atoms with Gasteiger partial charge in [0.15, 0.2) is 0 Å². The van der Waals surface area contributed by atoms with Crippen molar-refractivity contribution in [3.8, 4) is 5.69 Å². The van der Waals surface area contributed by atoms with Gasteiger partial charge < -0.3 is 4.90 Å². The lowest BCUT2D eigenvalue weighted by molar-refractivity contribution is -0.119. The predicted molar refractivity (Wildman–Crippen MR) is 97.7 cm³/mol. The maximum absolute atomic E-state index is 12.8. The minimum absolute atomic E-state index is 0.0363. The molecule has 0 aliphatic carbocycles. The molecule has 8 heteroatoms. The molecule has 3 aromatic rings. The maximum atomic E-state index is 12.8. The Hall–Kier alpha value is -2.93. The van der Waals surface area contributed by atoms with Crippen molar-refractivity contribution in [2.45, 2.75) is 25.9 Å². The SMILES string of the molecule is C[C@@H]1Cc2ccccc2N1C(=O)Cn1nnn(-c2ccccc2Cl)c1=O. The van der Waals surface area contributed by atoms with Crippen LogP contribution in [0.25, 0.3) is 5.69 Å². The number of benzene rings is 2. The van der Waals surface area contributed by atoms with E-state index in [4.69, 9.17) is 11.6 Å². The molecule has 26 heavy (non-hydrogen) atoms. The third kappa shape index (κ3) is 2.70. The lowest BCUT2D eigenvalue weighted by Gasteiger charge is -2.22. The van der Waals surface area contributed by atoms with Crippen LogP contribution in [0, 0.1) is 0 Å². The minimum atomic E-state index is -0.508. The Labute approximate surface area is 154 Å². The van der Waals surface area contributed by atoms with Crippen LogP contribution >= 0.6 is 11.6 Å². The van der Waals surface area contributed by atoms with E-state index in [0.29, 0.717) is 10.7 Å². The third-order valence-electron chi connectivity index (χ3n) is 4.48. The number of tetrazole rings is 1. The summed E-state index contributed by atoms with van der Waals surface area (Å²) in [6.07, 6.45) is 0.795. The molecular weight excluding hydrogens is 354 g/mol. The number of hydrogen-bond donors (Lipinski definition) is 0. The molecule has 0 N–H and O–H groups in total. The zero-order valence-electron chi connectivity index (χ0n) is 14.0. The number of rotatable bonds is 3. The second-order valence-electron chi connectivity index (χ2n) is 6.23. The molecule has 0 fully saturated rings. The van der Waals surface area contributed by atoms with Crippen molar-refractivity contribution in [1.29, 1.82) is 0 Å². The monoisotopic (exact) mass is 369 g/mol. The Morgan fingerprint density at radius 3 is 2.58 bits per heavy atom. The molecule has 0 unspecified atom stereocenters. The first-order valence-electron chi connectivity index (χ1n) is 8.24. The first kappa shape index (κ1) is 16.5. The van der Waals surface area contributed by atoms with Crippen molar-refractivity contribution in [1.82, 2.24) is 19.8 Å². The van der Waals surface area contributed by atoms with E-state index in [9.17, 15) is 9.59 Å². The Morgan fingerprint density at radius 2 is 1.81 bits per heavy atom. The van der Waals surface area contributed by atoms with Gasteiger partial charge in [0, 0.05) is 11.7 Å². The normalized spacial score (nSPS) is 15.9. The summed E-state index contributed by atoms with van der Waals surface area (Å²) in [5, 5.41) is 8.07. The molecule has 1 amide bonds. The molecule has 0 spiro atoms. The number of halogens is 1. The number of aromatic nitrogens is 4. The molecule has 2 heterocycles. The van der Waals surface area contributed by atoms with Gasteiger partial charge in [0.1, 0.15) is 6.54 Å². The van der Waals surface area contributed by atoms with Crippen LogP contribution < -0.4 is 10.6 Å². The molecular formula is C18H16ClN5O2. The summed E-state index contributed by atoms with van der Waals surface area (Å²) in [5.74, 6) is -0.198. The zero-order valence-corrected chi connectivity index (χ0v) is 14.8. The summed E-state index contributed by atoms with van der Waals surface area (Å²) in [7, 11) is 0. The van der Waals surface area contributed by atoms with Crippen LogP contribution in [0.1, 0.15) is 12.5 Å². The highest BCUT2D eigenvalue weighted by Crippen LogP contribution is 2.31. The highest BCUT2D eigenvalue weighted by Gasteiger charge is 2.31. The lowest BCUT2D eigenvalue weighted by atomic mass is 10.1. The fraction of sp³-hybridized carbons (Fsp3) is 0.222. The van der Waals surface area contributed by atoms with Crippen molar-refractivity contribution in [3.05, 3.63) is 69.6 Å². The standard InChI is InChI=1S/C18H16ClN5O2/c1-12-10-13-6-2-4-8-15(13)23(12)17(25)11-22-18(26)24(21-20-22)16-9-5-3-7-14(16)19/h2-9,12H,10-11H2,1H3/t12-/m1/s1. The van der Waals surface area contributed by atoms with Gasteiger partial charge in [0.2, 0.25) is 5.91 Å². The average Bonchev–Trinajstić information content (AvgIpc) is 3.15. The summed E-state index contributed by atoms with van der Waals surface area (Å²) < 4.78 is 2.15. The first-order chi connectivity index (χ1) is 12.6. The van der Waals surface area contributed by atoms with Crippen LogP contribution in [0.4, 0.5) is 5.69 Å². The lowest BCUT2D eigenvalue weighted by Crippen LogP contribution is -2.40. The van der Waals surface area contributed by atoms with E-state index in [0.717, 1.165) is 27.0 Å². The smallest absolute Gasteiger partial charge is 0.307 e. The van der Waals surface area contributed by atoms with Crippen LogP contribution in [0.2, 0.25) is 5.02 Å². The second-order valence-corrected chi connectivity index (χ2v) is 6.64. The van der Waals surface area contributed by atoms with Gasteiger partial charge in [-0.05, 0) is 47.5 Å². The fourth-order valence-corrected chi connectivity index (χ4v) is 3.51. The summed E-state index contributed by atoms with van der Waals surface area (Å²) in [6, 6.07) is 14.7. The maximum Gasteiger partial charge on any atom is 0.369 e. The minimum Gasteiger partial charge on any atom is -0.307 e. The van der Waals surface area contributed by atoms with Gasteiger partial charge in [-0.2, -0.15) is 9.36 Å². The number of para-hydroxylation sites is 2. The number of carbonyl (C=O) groups excluding carboxylic acids is 1. The quantitative estimate of drug-likeness (QED) is 0.708. The van der Waals surface area contributed by atoms with Crippen molar-refractivity contribution in [3.63, 3.8) is 0 Å². The third-order valence-corrected chi connectivity index (χ3v) is 4.80. The molecule has 1 aliphatic heterocycles. The molecule has 1 atom stereocenters. The van der Waals surface area contributed by atoms with Crippen LogP contribution in [-0.4, -0.2) is 31.7 Å². The van der Waals surface area contributed by atoms with Crippen molar-refractivity contribution >= 4 is 23.2 Å². The molecule has 7 nitrogen and oxygen atoms in total. The molecule has 2 aromatic carbocycles. The number of anilines is 1. The molecule has 0 saturated heterocycles. The molecule has 4 rings (SSSR count). The topological polar surface area (TPSA) is 73.0 Å².